The molecule has 2 heteroatoms. The quantitative estimate of drug-likeness (QED) is 0.618. The zero-order valence-corrected chi connectivity index (χ0v) is 7.03. The predicted molar refractivity (Wildman–Crippen MR) is 45.9 cm³/mol. The Kier molecular flexibility index (Phi) is 1.68. The van der Waals surface area contributed by atoms with Crippen molar-refractivity contribution in [2.45, 2.75) is 19.3 Å². The number of hydrogen-bond donors (Lipinski definition) is 0. The van der Waals surface area contributed by atoms with E-state index in [0.717, 1.165) is 18.4 Å². The lowest BCUT2D eigenvalue weighted by atomic mass is 10.2. The van der Waals surface area contributed by atoms with Crippen LogP contribution in [0.4, 0.5) is 0 Å². The summed E-state index contributed by atoms with van der Waals surface area (Å²) in [5.74, 6) is 0.640. The molecule has 1 saturated carbocycles. The van der Waals surface area contributed by atoms with Gasteiger partial charge in [0.15, 0.2) is 0 Å². The minimum atomic E-state index is 0.235. The Balaban J connectivity index is 2.19. The highest BCUT2D eigenvalue weighted by Crippen LogP contribution is 2.44. The molecule has 0 radical (unpaired) electrons. The monoisotopic (exact) mass is 161 g/mol. The summed E-state index contributed by atoms with van der Waals surface area (Å²) < 4.78 is 0. The topological polar surface area (TPSA) is 30.0 Å². The second kappa shape index (κ2) is 2.70. The number of carbonyl (C=O) groups is 1. The molecule has 2 atom stereocenters. The zero-order valence-electron chi connectivity index (χ0n) is 7.03. The van der Waals surface area contributed by atoms with Crippen molar-refractivity contribution < 1.29 is 4.79 Å². The molecule has 0 spiro atoms. The number of aromatic nitrogens is 1. The van der Waals surface area contributed by atoms with Gasteiger partial charge in [0.1, 0.15) is 6.29 Å². The fourth-order valence-electron chi connectivity index (χ4n) is 1.47. The standard InChI is InChI=1S/C10H11NO/c1-7-2-3-11-10(4-7)9-5-8(9)6-12/h2-4,6,8-9H,5H2,1H3/t8-,9?/m0/s1. The van der Waals surface area contributed by atoms with Gasteiger partial charge in [-0.1, -0.05) is 0 Å². The molecule has 0 N–H and O–H groups in total. The van der Waals surface area contributed by atoms with Crippen molar-refractivity contribution in [2.75, 3.05) is 0 Å². The van der Waals surface area contributed by atoms with Gasteiger partial charge in [-0.3, -0.25) is 4.98 Å². The lowest BCUT2D eigenvalue weighted by molar-refractivity contribution is -0.108. The maximum Gasteiger partial charge on any atom is 0.123 e. The van der Waals surface area contributed by atoms with Crippen LogP contribution in [-0.4, -0.2) is 11.3 Å². The third kappa shape index (κ3) is 1.24. The first-order valence-corrected chi connectivity index (χ1v) is 4.19. The molecule has 0 bridgehead atoms. The van der Waals surface area contributed by atoms with E-state index in [1.807, 2.05) is 19.2 Å². The zero-order chi connectivity index (χ0) is 8.55. The highest BCUT2D eigenvalue weighted by molar-refractivity contribution is 5.60. The van der Waals surface area contributed by atoms with Crippen molar-refractivity contribution in [3.05, 3.63) is 29.6 Å². The summed E-state index contributed by atoms with van der Waals surface area (Å²) >= 11 is 0. The summed E-state index contributed by atoms with van der Waals surface area (Å²) in [6.07, 6.45) is 3.83. The van der Waals surface area contributed by atoms with E-state index in [0.29, 0.717) is 5.92 Å². The molecule has 1 aromatic rings. The smallest absolute Gasteiger partial charge is 0.123 e. The molecular weight excluding hydrogens is 150 g/mol. The number of pyridine rings is 1. The minimum Gasteiger partial charge on any atom is -0.303 e. The normalized spacial score (nSPS) is 26.8. The first kappa shape index (κ1) is 7.47. The summed E-state index contributed by atoms with van der Waals surface area (Å²) in [6, 6.07) is 4.04. The van der Waals surface area contributed by atoms with E-state index in [-0.39, 0.29) is 5.92 Å². The van der Waals surface area contributed by atoms with Gasteiger partial charge in [0.25, 0.3) is 0 Å². The van der Waals surface area contributed by atoms with Gasteiger partial charge in [0.2, 0.25) is 0 Å². The average molecular weight is 161 g/mol. The van der Waals surface area contributed by atoms with E-state index in [1.165, 1.54) is 5.56 Å². The van der Waals surface area contributed by atoms with Crippen LogP contribution in [0.5, 0.6) is 0 Å². The summed E-state index contributed by atoms with van der Waals surface area (Å²) in [7, 11) is 0. The van der Waals surface area contributed by atoms with Crippen LogP contribution < -0.4 is 0 Å². The Hall–Kier alpha value is -1.18. The third-order valence-corrected chi connectivity index (χ3v) is 2.33. The molecule has 62 valence electrons. The number of aldehydes is 1. The van der Waals surface area contributed by atoms with Crippen LogP contribution in [0.1, 0.15) is 23.6 Å². The Bertz CT molecular complexity index is 308. The van der Waals surface area contributed by atoms with Gasteiger partial charge in [-0.25, -0.2) is 0 Å². The van der Waals surface area contributed by atoms with Crippen LogP contribution in [0.25, 0.3) is 0 Å². The summed E-state index contributed by atoms with van der Waals surface area (Å²) in [5, 5.41) is 0. The maximum absolute atomic E-state index is 10.4. The van der Waals surface area contributed by atoms with Crippen LogP contribution in [0.2, 0.25) is 0 Å². The number of carbonyl (C=O) groups excluding carboxylic acids is 1. The molecule has 0 saturated heterocycles. The van der Waals surface area contributed by atoms with Gasteiger partial charge in [0, 0.05) is 23.7 Å². The van der Waals surface area contributed by atoms with Crippen molar-refractivity contribution in [3.8, 4) is 0 Å². The second-order valence-corrected chi connectivity index (χ2v) is 3.40. The molecule has 1 heterocycles. The maximum atomic E-state index is 10.4. The molecule has 0 aliphatic heterocycles. The molecular formula is C10H11NO. The molecule has 1 aliphatic rings. The lowest BCUT2D eigenvalue weighted by Gasteiger charge is -1.97. The number of nitrogens with zero attached hydrogens (tertiary/aromatic N) is 1. The summed E-state index contributed by atoms with van der Waals surface area (Å²) in [6.45, 7) is 2.05. The Morgan fingerprint density at radius 2 is 2.50 bits per heavy atom. The Labute approximate surface area is 71.6 Å². The van der Waals surface area contributed by atoms with Gasteiger partial charge < -0.3 is 4.79 Å². The molecule has 0 aromatic carbocycles. The van der Waals surface area contributed by atoms with Crippen LogP contribution in [0.3, 0.4) is 0 Å². The molecule has 1 aromatic heterocycles. The highest BCUT2D eigenvalue weighted by atomic mass is 16.1. The van der Waals surface area contributed by atoms with Crippen LogP contribution in [-0.2, 0) is 4.79 Å². The van der Waals surface area contributed by atoms with E-state index in [4.69, 9.17) is 0 Å². The number of hydrogen-bond acceptors (Lipinski definition) is 2. The van der Waals surface area contributed by atoms with Crippen molar-refractivity contribution in [1.82, 2.24) is 4.98 Å². The molecule has 2 rings (SSSR count). The summed E-state index contributed by atoms with van der Waals surface area (Å²) in [5.41, 5.74) is 2.30. The van der Waals surface area contributed by atoms with Gasteiger partial charge >= 0.3 is 0 Å². The van der Waals surface area contributed by atoms with E-state index < -0.39 is 0 Å². The van der Waals surface area contributed by atoms with Gasteiger partial charge in [-0.05, 0) is 31.0 Å². The minimum absolute atomic E-state index is 0.235. The predicted octanol–water partition coefficient (Wildman–Crippen LogP) is 1.69. The SMILES string of the molecule is Cc1ccnc(C2C[C@H]2C=O)c1. The van der Waals surface area contributed by atoms with Crippen LogP contribution in [0, 0.1) is 12.8 Å². The average Bonchev–Trinajstić information content (AvgIpc) is 2.83. The molecule has 1 fully saturated rings. The molecule has 2 nitrogen and oxygen atoms in total. The molecule has 12 heavy (non-hydrogen) atoms. The summed E-state index contributed by atoms with van der Waals surface area (Å²) in [4.78, 5) is 14.6. The second-order valence-electron chi connectivity index (χ2n) is 3.40. The number of rotatable bonds is 2. The van der Waals surface area contributed by atoms with Gasteiger partial charge in [-0.15, -0.1) is 0 Å². The Morgan fingerprint density at radius 3 is 3.08 bits per heavy atom. The van der Waals surface area contributed by atoms with Gasteiger partial charge in [-0.2, -0.15) is 0 Å². The fourth-order valence-corrected chi connectivity index (χ4v) is 1.47. The first-order valence-electron chi connectivity index (χ1n) is 4.19. The third-order valence-electron chi connectivity index (χ3n) is 2.33. The molecule has 1 unspecified atom stereocenters. The first-order chi connectivity index (χ1) is 5.81. The van der Waals surface area contributed by atoms with Crippen molar-refractivity contribution in [3.63, 3.8) is 0 Å². The van der Waals surface area contributed by atoms with Crippen molar-refractivity contribution in [1.29, 1.82) is 0 Å². The Morgan fingerprint density at radius 1 is 1.67 bits per heavy atom. The van der Waals surface area contributed by atoms with Gasteiger partial charge in [0.05, 0.1) is 0 Å². The lowest BCUT2D eigenvalue weighted by Crippen LogP contribution is -1.89. The van der Waals surface area contributed by atoms with E-state index in [9.17, 15) is 4.79 Å². The highest BCUT2D eigenvalue weighted by Gasteiger charge is 2.38. The molecule has 0 amide bonds. The van der Waals surface area contributed by atoms with E-state index in [1.54, 1.807) is 0 Å². The molecule has 1 aliphatic carbocycles. The van der Waals surface area contributed by atoms with E-state index in [2.05, 4.69) is 11.1 Å². The van der Waals surface area contributed by atoms with Crippen LogP contribution >= 0.6 is 0 Å². The fraction of sp³-hybridized carbons (Fsp3) is 0.400. The van der Waals surface area contributed by atoms with Crippen LogP contribution in [0.15, 0.2) is 18.3 Å². The van der Waals surface area contributed by atoms with E-state index >= 15 is 0 Å². The largest absolute Gasteiger partial charge is 0.303 e. The van der Waals surface area contributed by atoms with Crippen molar-refractivity contribution >= 4 is 6.29 Å². The number of aryl methyl sites for hydroxylation is 1. The van der Waals surface area contributed by atoms with Crippen molar-refractivity contribution in [2.24, 2.45) is 5.92 Å².